The molecule has 1 saturated heterocycles. The summed E-state index contributed by atoms with van der Waals surface area (Å²) in [4.78, 5) is 33.1. The van der Waals surface area contributed by atoms with Gasteiger partial charge in [0.2, 0.25) is 11.8 Å². The zero-order chi connectivity index (χ0) is 14.7. The van der Waals surface area contributed by atoms with Gasteiger partial charge < -0.3 is 10.1 Å². The summed E-state index contributed by atoms with van der Waals surface area (Å²) in [7, 11) is 1.41. The Labute approximate surface area is 114 Å². The van der Waals surface area contributed by atoms with Crippen LogP contribution in [0.3, 0.4) is 0 Å². The van der Waals surface area contributed by atoms with E-state index in [2.05, 4.69) is 10.6 Å². The van der Waals surface area contributed by atoms with Crippen molar-refractivity contribution in [3.8, 4) is 5.75 Å². The van der Waals surface area contributed by atoms with Crippen LogP contribution in [0.15, 0.2) is 18.2 Å². The number of benzene rings is 1. The number of piperidine rings is 1. The first kappa shape index (κ1) is 13.8. The minimum atomic E-state index is -0.667. The van der Waals surface area contributed by atoms with E-state index in [-0.39, 0.29) is 23.7 Å². The highest BCUT2D eigenvalue weighted by Crippen LogP contribution is 2.30. The zero-order valence-corrected chi connectivity index (χ0v) is 10.7. The number of hydrogen-bond acceptors (Lipinski definition) is 6. The van der Waals surface area contributed by atoms with Gasteiger partial charge in [-0.05, 0) is 18.6 Å². The number of methoxy groups -OCH3 is 1. The van der Waals surface area contributed by atoms with E-state index in [0.717, 1.165) is 0 Å². The van der Waals surface area contributed by atoms with Crippen molar-refractivity contribution in [3.63, 3.8) is 0 Å². The summed E-state index contributed by atoms with van der Waals surface area (Å²) in [5.41, 5.74) is 0.0272. The number of nitrogens with zero attached hydrogens (tertiary/aromatic N) is 1. The Morgan fingerprint density at radius 2 is 2.20 bits per heavy atom. The van der Waals surface area contributed by atoms with Crippen LogP contribution >= 0.6 is 0 Å². The Morgan fingerprint density at radius 3 is 2.80 bits per heavy atom. The lowest BCUT2D eigenvalue weighted by atomic mass is 10.1. The summed E-state index contributed by atoms with van der Waals surface area (Å²) in [5, 5.41) is 16.0. The Hall–Kier alpha value is -2.64. The van der Waals surface area contributed by atoms with Gasteiger partial charge in [0.25, 0.3) is 5.69 Å². The van der Waals surface area contributed by atoms with Gasteiger partial charge in [0.05, 0.1) is 18.1 Å². The topological polar surface area (TPSA) is 111 Å². The molecule has 1 unspecified atom stereocenters. The van der Waals surface area contributed by atoms with Gasteiger partial charge in [-0.25, -0.2) is 0 Å². The average Bonchev–Trinajstić information content (AvgIpc) is 2.42. The highest BCUT2D eigenvalue weighted by molar-refractivity contribution is 6.01. The number of carbonyl (C=O) groups is 2. The molecule has 2 N–H and O–H groups in total. The van der Waals surface area contributed by atoms with Crippen LogP contribution in [0.1, 0.15) is 12.8 Å². The number of ether oxygens (including phenoxy) is 1. The SMILES string of the molecule is COc1ccc(NC2CCC(=O)NC2=O)c([N+](=O)[O-])c1. The Kier molecular flexibility index (Phi) is 3.83. The van der Waals surface area contributed by atoms with Crippen molar-refractivity contribution in [1.29, 1.82) is 0 Å². The molecule has 0 aliphatic carbocycles. The van der Waals surface area contributed by atoms with E-state index in [9.17, 15) is 19.7 Å². The Morgan fingerprint density at radius 1 is 1.45 bits per heavy atom. The third-order valence-corrected chi connectivity index (χ3v) is 2.97. The van der Waals surface area contributed by atoms with Crippen molar-refractivity contribution < 1.29 is 19.2 Å². The highest BCUT2D eigenvalue weighted by atomic mass is 16.6. The van der Waals surface area contributed by atoms with Crippen LogP contribution in [0.25, 0.3) is 0 Å². The van der Waals surface area contributed by atoms with E-state index in [4.69, 9.17) is 4.74 Å². The summed E-state index contributed by atoms with van der Waals surface area (Å²) in [6.07, 6.45) is 0.501. The number of rotatable bonds is 4. The van der Waals surface area contributed by atoms with E-state index in [0.29, 0.717) is 12.2 Å². The first-order valence-electron chi connectivity index (χ1n) is 5.94. The Bertz CT molecular complexity index is 572. The number of imide groups is 1. The monoisotopic (exact) mass is 279 g/mol. The normalized spacial score (nSPS) is 18.4. The summed E-state index contributed by atoms with van der Waals surface area (Å²) in [6, 6.07) is 3.63. The van der Waals surface area contributed by atoms with Crippen molar-refractivity contribution in [2.75, 3.05) is 12.4 Å². The molecule has 8 nitrogen and oxygen atoms in total. The van der Waals surface area contributed by atoms with Crippen LogP contribution in [0.5, 0.6) is 5.75 Å². The molecule has 2 amide bonds. The molecule has 8 heteroatoms. The van der Waals surface area contributed by atoms with E-state index in [1.807, 2.05) is 0 Å². The molecule has 1 aromatic carbocycles. The van der Waals surface area contributed by atoms with Gasteiger partial charge in [0, 0.05) is 6.42 Å². The first-order chi connectivity index (χ1) is 9.51. The Balaban J connectivity index is 2.22. The van der Waals surface area contributed by atoms with E-state index in [1.165, 1.54) is 19.2 Å². The lowest BCUT2D eigenvalue weighted by Crippen LogP contribution is -2.47. The van der Waals surface area contributed by atoms with Crippen molar-refractivity contribution in [1.82, 2.24) is 5.32 Å². The van der Waals surface area contributed by atoms with Crippen molar-refractivity contribution in [2.45, 2.75) is 18.9 Å². The number of carbonyl (C=O) groups excluding carboxylic acids is 2. The number of hydrogen-bond donors (Lipinski definition) is 2. The molecule has 20 heavy (non-hydrogen) atoms. The van der Waals surface area contributed by atoms with Gasteiger partial charge in [-0.2, -0.15) is 0 Å². The maximum absolute atomic E-state index is 11.6. The zero-order valence-electron chi connectivity index (χ0n) is 10.7. The van der Waals surface area contributed by atoms with E-state index < -0.39 is 16.9 Å². The number of nitrogens with one attached hydrogen (secondary N) is 2. The number of amides is 2. The smallest absolute Gasteiger partial charge is 0.296 e. The quantitative estimate of drug-likeness (QED) is 0.479. The largest absolute Gasteiger partial charge is 0.496 e. The standard InChI is InChI=1S/C12H13N3O5/c1-20-7-2-3-8(10(6-7)15(18)19)13-9-4-5-11(16)14-12(9)17/h2-3,6,9,13H,4-5H2,1H3,(H,14,16,17). The lowest BCUT2D eigenvalue weighted by Gasteiger charge is -2.22. The molecular formula is C12H13N3O5. The van der Waals surface area contributed by atoms with Crippen LogP contribution in [0, 0.1) is 10.1 Å². The molecule has 0 saturated carbocycles. The third kappa shape index (κ3) is 2.85. The van der Waals surface area contributed by atoms with Crippen molar-refractivity contribution in [3.05, 3.63) is 28.3 Å². The van der Waals surface area contributed by atoms with Crippen LogP contribution < -0.4 is 15.4 Å². The maximum Gasteiger partial charge on any atom is 0.296 e. The molecular weight excluding hydrogens is 266 g/mol. The summed E-state index contributed by atoms with van der Waals surface area (Å²) in [5.74, 6) is -0.464. The van der Waals surface area contributed by atoms with Crippen LogP contribution in [0.2, 0.25) is 0 Å². The van der Waals surface area contributed by atoms with Gasteiger partial charge in [-0.1, -0.05) is 0 Å². The fourth-order valence-corrected chi connectivity index (χ4v) is 1.93. The highest BCUT2D eigenvalue weighted by Gasteiger charge is 2.28. The minimum absolute atomic E-state index is 0.186. The molecule has 1 aromatic rings. The second kappa shape index (κ2) is 5.55. The number of nitro benzene ring substituents is 1. The summed E-state index contributed by atoms with van der Waals surface area (Å²) in [6.45, 7) is 0. The molecule has 0 spiro atoms. The second-order valence-electron chi connectivity index (χ2n) is 4.29. The minimum Gasteiger partial charge on any atom is -0.496 e. The van der Waals surface area contributed by atoms with Gasteiger partial charge in [0.15, 0.2) is 0 Å². The molecule has 1 fully saturated rings. The van der Waals surface area contributed by atoms with Crippen LogP contribution in [-0.2, 0) is 9.59 Å². The van der Waals surface area contributed by atoms with Gasteiger partial charge in [-0.3, -0.25) is 25.0 Å². The van der Waals surface area contributed by atoms with Gasteiger partial charge >= 0.3 is 0 Å². The number of anilines is 1. The van der Waals surface area contributed by atoms with Crippen LogP contribution in [-0.4, -0.2) is 29.9 Å². The predicted molar refractivity (Wildman–Crippen MR) is 69.4 cm³/mol. The van der Waals surface area contributed by atoms with Gasteiger partial charge in [0.1, 0.15) is 17.5 Å². The second-order valence-corrected chi connectivity index (χ2v) is 4.29. The molecule has 1 heterocycles. The lowest BCUT2D eigenvalue weighted by molar-refractivity contribution is -0.384. The first-order valence-corrected chi connectivity index (χ1v) is 5.94. The third-order valence-electron chi connectivity index (χ3n) is 2.97. The molecule has 2 rings (SSSR count). The predicted octanol–water partition coefficient (Wildman–Crippen LogP) is 0.820. The molecule has 0 radical (unpaired) electrons. The molecule has 1 aliphatic heterocycles. The van der Waals surface area contributed by atoms with Gasteiger partial charge in [-0.15, -0.1) is 0 Å². The van der Waals surface area contributed by atoms with E-state index in [1.54, 1.807) is 6.07 Å². The fourth-order valence-electron chi connectivity index (χ4n) is 1.93. The van der Waals surface area contributed by atoms with E-state index >= 15 is 0 Å². The fraction of sp³-hybridized carbons (Fsp3) is 0.333. The molecule has 0 bridgehead atoms. The average molecular weight is 279 g/mol. The van der Waals surface area contributed by atoms with Crippen molar-refractivity contribution in [2.24, 2.45) is 0 Å². The summed E-state index contributed by atoms with van der Waals surface area (Å²) >= 11 is 0. The molecule has 106 valence electrons. The summed E-state index contributed by atoms with van der Waals surface area (Å²) < 4.78 is 4.93. The molecule has 0 aromatic heterocycles. The molecule has 1 atom stereocenters. The maximum atomic E-state index is 11.6. The van der Waals surface area contributed by atoms with Crippen molar-refractivity contribution >= 4 is 23.2 Å². The van der Waals surface area contributed by atoms with Crippen LogP contribution in [0.4, 0.5) is 11.4 Å². The number of nitro groups is 1. The molecule has 1 aliphatic rings.